The van der Waals surface area contributed by atoms with Crippen LogP contribution in [0.1, 0.15) is 19.8 Å². The van der Waals surface area contributed by atoms with Crippen LogP contribution < -0.4 is 10.1 Å². The Bertz CT molecular complexity index is 516. The van der Waals surface area contributed by atoms with Gasteiger partial charge in [-0.05, 0) is 31.9 Å². The Morgan fingerprint density at radius 2 is 2.05 bits per heavy atom. The average Bonchev–Trinajstić information content (AvgIpc) is 3.02. The zero-order valence-corrected chi connectivity index (χ0v) is 13.9. The number of rotatable bonds is 4. The minimum absolute atomic E-state index is 0.0638. The molecule has 2 rings (SSSR count). The number of amides is 1. The highest BCUT2D eigenvalue weighted by Crippen LogP contribution is 2.25. The van der Waals surface area contributed by atoms with E-state index in [1.54, 1.807) is 7.11 Å². The van der Waals surface area contributed by atoms with Gasteiger partial charge in [-0.2, -0.15) is 0 Å². The average molecular weight is 324 g/mol. The van der Waals surface area contributed by atoms with Gasteiger partial charge in [0.2, 0.25) is 5.91 Å². The van der Waals surface area contributed by atoms with E-state index in [9.17, 15) is 4.79 Å². The molecule has 1 saturated heterocycles. The van der Waals surface area contributed by atoms with Gasteiger partial charge in [0, 0.05) is 13.1 Å². The maximum absolute atomic E-state index is 12.3. The number of hydrogen-bond donors (Lipinski definition) is 1. The molecule has 0 saturated carbocycles. The number of nitrogens with one attached hydrogen (secondary N) is 1. The van der Waals surface area contributed by atoms with Crippen molar-refractivity contribution in [2.24, 2.45) is 0 Å². The van der Waals surface area contributed by atoms with Crippen LogP contribution in [0, 0.1) is 0 Å². The number of para-hydroxylation sites is 2. The van der Waals surface area contributed by atoms with E-state index in [0.29, 0.717) is 11.4 Å². The largest absolute Gasteiger partial charge is 0.495 e. The van der Waals surface area contributed by atoms with Crippen LogP contribution in [0.2, 0.25) is 0 Å². The molecular weight excluding hydrogens is 304 g/mol. The van der Waals surface area contributed by atoms with Gasteiger partial charge in [-0.15, -0.1) is 0 Å². The Hall–Kier alpha value is -1.27. The fourth-order valence-corrected chi connectivity index (χ4v) is 3.58. The minimum atomic E-state index is -0.233. The van der Waals surface area contributed by atoms with Crippen molar-refractivity contribution in [1.29, 1.82) is 0 Å². The van der Waals surface area contributed by atoms with Crippen molar-refractivity contribution in [1.82, 2.24) is 4.90 Å². The van der Waals surface area contributed by atoms with Gasteiger partial charge < -0.3 is 15.0 Å². The Balaban J connectivity index is 1.91. The minimum Gasteiger partial charge on any atom is -0.495 e. The molecule has 0 aromatic heterocycles. The zero-order chi connectivity index (χ0) is 15.2. The molecule has 4 nitrogen and oxygen atoms in total. The highest BCUT2D eigenvalue weighted by Gasteiger charge is 2.21. The standard InChI is InChI=1S/C15H20N2O2S2/c1-11(21-15(20)17-9-5-6-10-17)14(18)16-12-7-3-4-8-13(12)19-2/h3-4,7-8,11H,5-6,9-10H2,1-2H3,(H,16,18). The van der Waals surface area contributed by atoms with Crippen LogP contribution in [0.5, 0.6) is 5.75 Å². The molecule has 0 bridgehead atoms. The van der Waals surface area contributed by atoms with Crippen LogP contribution in [-0.2, 0) is 4.79 Å². The molecule has 1 amide bonds. The van der Waals surface area contributed by atoms with Crippen LogP contribution in [0.3, 0.4) is 0 Å². The van der Waals surface area contributed by atoms with E-state index in [1.165, 1.54) is 24.6 Å². The Labute approximate surface area is 135 Å². The van der Waals surface area contributed by atoms with Crippen LogP contribution in [0.15, 0.2) is 24.3 Å². The molecule has 1 atom stereocenters. The van der Waals surface area contributed by atoms with E-state index in [0.717, 1.165) is 17.4 Å². The summed E-state index contributed by atoms with van der Waals surface area (Å²) in [6.07, 6.45) is 2.37. The molecule has 0 spiro atoms. The summed E-state index contributed by atoms with van der Waals surface area (Å²) in [5, 5.41) is 2.66. The summed E-state index contributed by atoms with van der Waals surface area (Å²) >= 11 is 6.85. The normalized spacial score (nSPS) is 15.6. The van der Waals surface area contributed by atoms with Crippen molar-refractivity contribution >= 4 is 39.9 Å². The third-order valence-corrected chi connectivity index (χ3v) is 4.95. The lowest BCUT2D eigenvalue weighted by Crippen LogP contribution is -2.29. The van der Waals surface area contributed by atoms with Crippen LogP contribution >= 0.6 is 24.0 Å². The molecular formula is C15H20N2O2S2. The molecule has 1 N–H and O–H groups in total. The van der Waals surface area contributed by atoms with Gasteiger partial charge in [-0.1, -0.05) is 36.1 Å². The van der Waals surface area contributed by atoms with Gasteiger partial charge in [-0.25, -0.2) is 0 Å². The van der Waals surface area contributed by atoms with Crippen LogP contribution in [0.25, 0.3) is 0 Å². The first-order valence-corrected chi connectivity index (χ1v) is 8.30. The molecule has 1 aromatic carbocycles. The van der Waals surface area contributed by atoms with Crippen molar-refractivity contribution in [2.75, 3.05) is 25.5 Å². The molecule has 1 aliphatic heterocycles. The van der Waals surface area contributed by atoms with E-state index in [1.807, 2.05) is 31.2 Å². The number of thiocarbonyl (C=S) groups is 1. The molecule has 1 aromatic rings. The molecule has 0 radical (unpaired) electrons. The number of ether oxygens (including phenoxy) is 1. The Morgan fingerprint density at radius 3 is 2.71 bits per heavy atom. The highest BCUT2D eigenvalue weighted by molar-refractivity contribution is 8.23. The fourth-order valence-electron chi connectivity index (χ4n) is 2.16. The van der Waals surface area contributed by atoms with Gasteiger partial charge >= 0.3 is 0 Å². The number of carbonyl (C=O) groups is 1. The van der Waals surface area contributed by atoms with Crippen LogP contribution in [0.4, 0.5) is 5.69 Å². The van der Waals surface area contributed by atoms with Gasteiger partial charge in [-0.3, -0.25) is 4.79 Å². The first-order valence-electron chi connectivity index (χ1n) is 7.01. The van der Waals surface area contributed by atoms with E-state index in [-0.39, 0.29) is 11.2 Å². The molecule has 1 heterocycles. The highest BCUT2D eigenvalue weighted by atomic mass is 32.2. The van der Waals surface area contributed by atoms with Gasteiger partial charge in [0.1, 0.15) is 10.1 Å². The third kappa shape index (κ3) is 4.35. The summed E-state index contributed by atoms with van der Waals surface area (Å²) in [6, 6.07) is 7.38. The van der Waals surface area contributed by atoms with Crippen molar-refractivity contribution < 1.29 is 9.53 Å². The second-order valence-corrected chi connectivity index (χ2v) is 6.88. The summed E-state index contributed by atoms with van der Waals surface area (Å²) in [5.41, 5.74) is 0.685. The lowest BCUT2D eigenvalue weighted by Gasteiger charge is -2.20. The van der Waals surface area contributed by atoms with Crippen molar-refractivity contribution in [3.8, 4) is 5.75 Å². The lowest BCUT2D eigenvalue weighted by molar-refractivity contribution is -0.115. The molecule has 21 heavy (non-hydrogen) atoms. The van der Waals surface area contributed by atoms with Crippen LogP contribution in [-0.4, -0.2) is 40.6 Å². The number of carbonyl (C=O) groups excluding carboxylic acids is 1. The monoisotopic (exact) mass is 324 g/mol. The number of benzene rings is 1. The van der Waals surface area contributed by atoms with Gasteiger partial charge in [0.25, 0.3) is 0 Å². The van der Waals surface area contributed by atoms with E-state index in [4.69, 9.17) is 17.0 Å². The predicted octanol–water partition coefficient (Wildman–Crippen LogP) is 3.14. The first kappa shape index (κ1) is 16.1. The zero-order valence-electron chi connectivity index (χ0n) is 12.3. The summed E-state index contributed by atoms with van der Waals surface area (Å²) in [4.78, 5) is 14.4. The quantitative estimate of drug-likeness (QED) is 0.862. The Morgan fingerprint density at radius 1 is 1.38 bits per heavy atom. The van der Waals surface area contributed by atoms with Crippen molar-refractivity contribution in [3.05, 3.63) is 24.3 Å². The lowest BCUT2D eigenvalue weighted by atomic mass is 10.3. The SMILES string of the molecule is COc1ccccc1NC(=O)C(C)SC(=S)N1CCCC1. The van der Waals surface area contributed by atoms with Gasteiger partial charge in [0.15, 0.2) is 0 Å². The van der Waals surface area contributed by atoms with E-state index in [2.05, 4.69) is 10.2 Å². The summed E-state index contributed by atoms with van der Waals surface area (Å²) in [7, 11) is 1.59. The van der Waals surface area contributed by atoms with E-state index < -0.39 is 0 Å². The summed E-state index contributed by atoms with van der Waals surface area (Å²) < 4.78 is 6.05. The molecule has 1 fully saturated rings. The maximum Gasteiger partial charge on any atom is 0.237 e. The predicted molar refractivity (Wildman–Crippen MR) is 92.1 cm³/mol. The van der Waals surface area contributed by atoms with Crippen molar-refractivity contribution in [2.45, 2.75) is 25.0 Å². The second-order valence-electron chi connectivity index (χ2n) is 4.91. The fraction of sp³-hybridized carbons (Fsp3) is 0.467. The summed E-state index contributed by atoms with van der Waals surface area (Å²) in [5.74, 6) is 0.594. The molecule has 0 aliphatic carbocycles. The number of nitrogens with zero attached hydrogens (tertiary/aromatic N) is 1. The molecule has 1 unspecified atom stereocenters. The molecule has 114 valence electrons. The topological polar surface area (TPSA) is 41.6 Å². The number of anilines is 1. The number of hydrogen-bond acceptors (Lipinski definition) is 4. The summed E-state index contributed by atoms with van der Waals surface area (Å²) in [6.45, 7) is 3.89. The van der Waals surface area contributed by atoms with E-state index >= 15 is 0 Å². The first-order chi connectivity index (χ1) is 10.1. The second kappa shape index (κ2) is 7.66. The number of thioether (sulfide) groups is 1. The Kier molecular flexibility index (Phi) is 5.87. The number of likely N-dealkylation sites (tertiary alicyclic amines) is 1. The smallest absolute Gasteiger partial charge is 0.237 e. The third-order valence-electron chi connectivity index (χ3n) is 3.38. The van der Waals surface area contributed by atoms with Gasteiger partial charge in [0.05, 0.1) is 18.0 Å². The van der Waals surface area contributed by atoms with Crippen molar-refractivity contribution in [3.63, 3.8) is 0 Å². The number of methoxy groups -OCH3 is 1. The molecule has 1 aliphatic rings. The maximum atomic E-state index is 12.3. The molecule has 6 heteroatoms.